The number of hydrogen-bond donors (Lipinski definition) is 1. The van der Waals surface area contributed by atoms with Crippen LogP contribution in [0.1, 0.15) is 36.8 Å². The second-order valence-corrected chi connectivity index (χ2v) is 6.33. The van der Waals surface area contributed by atoms with Crippen molar-refractivity contribution in [3.8, 4) is 0 Å². The van der Waals surface area contributed by atoms with E-state index in [-0.39, 0.29) is 6.42 Å². The van der Waals surface area contributed by atoms with E-state index in [0.29, 0.717) is 17.4 Å². The molecule has 0 atom stereocenters. The van der Waals surface area contributed by atoms with E-state index in [1.165, 1.54) is 0 Å². The number of nitrogens with zero attached hydrogens (tertiary/aromatic N) is 2. The fraction of sp³-hybridized carbons (Fsp3) is 0.375. The second-order valence-electron chi connectivity index (χ2n) is 5.12. The van der Waals surface area contributed by atoms with Crippen molar-refractivity contribution in [1.29, 1.82) is 0 Å². The maximum absolute atomic E-state index is 11.1. The van der Waals surface area contributed by atoms with Crippen LogP contribution in [0.15, 0.2) is 28.7 Å². The Balaban J connectivity index is 2.40. The van der Waals surface area contributed by atoms with Gasteiger partial charge in [-0.25, -0.2) is 4.98 Å². The lowest BCUT2D eigenvalue weighted by molar-refractivity contribution is -0.136. The van der Waals surface area contributed by atoms with Gasteiger partial charge in [-0.2, -0.15) is 0 Å². The Morgan fingerprint density at radius 1 is 1.41 bits per heavy atom. The fourth-order valence-electron chi connectivity index (χ4n) is 2.33. The second kappa shape index (κ2) is 7.79. The molecule has 118 valence electrons. The molecule has 0 spiro atoms. The number of hydrogen-bond acceptors (Lipinski definition) is 2. The first-order chi connectivity index (χ1) is 10.5. The lowest BCUT2D eigenvalue weighted by Gasteiger charge is -2.12. The topological polar surface area (TPSA) is 55.1 Å². The molecule has 0 radical (unpaired) electrons. The quantitative estimate of drug-likeness (QED) is 0.772. The van der Waals surface area contributed by atoms with Gasteiger partial charge in [0.2, 0.25) is 0 Å². The average molecular weight is 386 g/mol. The van der Waals surface area contributed by atoms with Gasteiger partial charge in [-0.05, 0) is 18.1 Å². The summed E-state index contributed by atoms with van der Waals surface area (Å²) in [7, 11) is 0. The number of carboxylic acids is 1. The third-order valence-corrected chi connectivity index (χ3v) is 4.54. The molecule has 1 aromatic heterocycles. The summed E-state index contributed by atoms with van der Waals surface area (Å²) in [5, 5.41) is 9.40. The Hall–Kier alpha value is -1.33. The predicted molar refractivity (Wildman–Crippen MR) is 90.4 cm³/mol. The molecule has 2 rings (SSSR count). The molecule has 22 heavy (non-hydrogen) atoms. The van der Waals surface area contributed by atoms with Gasteiger partial charge in [0.15, 0.2) is 5.15 Å². The highest BCUT2D eigenvalue weighted by Crippen LogP contribution is 2.24. The van der Waals surface area contributed by atoms with Gasteiger partial charge in [0.25, 0.3) is 0 Å². The molecule has 0 unspecified atom stereocenters. The summed E-state index contributed by atoms with van der Waals surface area (Å²) in [6.07, 6.45) is 2.71. The number of benzene rings is 1. The number of aliphatic carboxylic acids is 1. The Morgan fingerprint density at radius 3 is 2.77 bits per heavy atom. The van der Waals surface area contributed by atoms with E-state index in [2.05, 4.69) is 27.8 Å². The highest BCUT2D eigenvalue weighted by atomic mass is 79.9. The third kappa shape index (κ3) is 4.11. The number of halogens is 2. The Morgan fingerprint density at radius 2 is 2.14 bits per heavy atom. The van der Waals surface area contributed by atoms with E-state index in [0.717, 1.165) is 35.1 Å². The summed E-state index contributed by atoms with van der Waals surface area (Å²) in [6.45, 7) is 2.67. The summed E-state index contributed by atoms with van der Waals surface area (Å²) >= 11 is 9.70. The molecule has 0 aliphatic heterocycles. The van der Waals surface area contributed by atoms with Crippen LogP contribution in [-0.4, -0.2) is 20.6 Å². The van der Waals surface area contributed by atoms with Crippen molar-refractivity contribution < 1.29 is 9.90 Å². The lowest BCUT2D eigenvalue weighted by Crippen LogP contribution is -2.12. The molecule has 6 heteroatoms. The molecular formula is C16H18BrClN2O2. The van der Waals surface area contributed by atoms with Crippen LogP contribution in [0.4, 0.5) is 0 Å². The summed E-state index contributed by atoms with van der Waals surface area (Å²) in [5.41, 5.74) is 1.64. The van der Waals surface area contributed by atoms with E-state index < -0.39 is 5.97 Å². The van der Waals surface area contributed by atoms with Gasteiger partial charge >= 0.3 is 5.97 Å². The number of aromatic nitrogens is 2. The molecule has 0 saturated carbocycles. The largest absolute Gasteiger partial charge is 0.481 e. The van der Waals surface area contributed by atoms with Crippen LogP contribution in [0.25, 0.3) is 0 Å². The molecule has 4 nitrogen and oxygen atoms in total. The predicted octanol–water partition coefficient (Wildman–Crippen LogP) is 4.32. The van der Waals surface area contributed by atoms with Crippen LogP contribution in [0.2, 0.25) is 5.15 Å². The number of imidazole rings is 1. The van der Waals surface area contributed by atoms with E-state index >= 15 is 0 Å². The van der Waals surface area contributed by atoms with E-state index in [1.807, 2.05) is 28.8 Å². The zero-order chi connectivity index (χ0) is 16.1. The highest BCUT2D eigenvalue weighted by Gasteiger charge is 2.18. The van der Waals surface area contributed by atoms with Crippen LogP contribution in [0.3, 0.4) is 0 Å². The minimum Gasteiger partial charge on any atom is -0.481 e. The molecule has 1 N–H and O–H groups in total. The van der Waals surface area contributed by atoms with Gasteiger partial charge in [-0.1, -0.05) is 59.1 Å². The van der Waals surface area contributed by atoms with Gasteiger partial charge in [0.1, 0.15) is 5.82 Å². The standard InChI is InChI=1S/C16H18BrClN2O2/c1-2-3-8-14-19-16(18)13(9-15(21)22)20(14)10-11-6-4-5-7-12(11)17/h4-7H,2-3,8-10H2,1H3,(H,21,22). The Bertz CT molecular complexity index is 670. The van der Waals surface area contributed by atoms with Gasteiger partial charge in [-0.15, -0.1) is 0 Å². The smallest absolute Gasteiger partial charge is 0.309 e. The first-order valence-electron chi connectivity index (χ1n) is 7.22. The highest BCUT2D eigenvalue weighted by molar-refractivity contribution is 9.10. The summed E-state index contributed by atoms with van der Waals surface area (Å²) in [4.78, 5) is 15.5. The van der Waals surface area contributed by atoms with Gasteiger partial charge < -0.3 is 9.67 Å². The minimum absolute atomic E-state index is 0.123. The van der Waals surface area contributed by atoms with Crippen LogP contribution < -0.4 is 0 Å². The van der Waals surface area contributed by atoms with Crippen molar-refractivity contribution in [1.82, 2.24) is 9.55 Å². The van der Waals surface area contributed by atoms with Crippen molar-refractivity contribution in [2.24, 2.45) is 0 Å². The third-order valence-electron chi connectivity index (χ3n) is 3.46. The maximum atomic E-state index is 11.1. The van der Waals surface area contributed by atoms with Gasteiger partial charge in [-0.3, -0.25) is 4.79 Å². The number of aryl methyl sites for hydroxylation is 1. The van der Waals surface area contributed by atoms with Crippen LogP contribution in [0, 0.1) is 0 Å². The molecule has 0 bridgehead atoms. The number of unbranched alkanes of at least 4 members (excludes halogenated alkanes) is 1. The average Bonchev–Trinajstić information content (AvgIpc) is 2.75. The zero-order valence-corrected chi connectivity index (χ0v) is 14.7. The summed E-state index contributed by atoms with van der Waals surface area (Å²) in [5.74, 6) is -0.0592. The van der Waals surface area contributed by atoms with E-state index in [4.69, 9.17) is 16.7 Å². The molecule has 0 aliphatic rings. The first kappa shape index (κ1) is 17.0. The molecule has 0 aliphatic carbocycles. The normalized spacial score (nSPS) is 10.9. The van der Waals surface area contributed by atoms with Gasteiger partial charge in [0, 0.05) is 10.9 Å². The number of carboxylic acid groups (broad SMARTS) is 1. The number of carbonyl (C=O) groups is 1. The molecule has 0 saturated heterocycles. The fourth-order valence-corrected chi connectivity index (χ4v) is 3.00. The SMILES string of the molecule is CCCCc1nc(Cl)c(CC(=O)O)n1Cc1ccccc1Br. The molecule has 2 aromatic rings. The summed E-state index contributed by atoms with van der Waals surface area (Å²) < 4.78 is 2.93. The molecule has 0 fully saturated rings. The summed E-state index contributed by atoms with van der Waals surface area (Å²) in [6, 6.07) is 7.88. The first-order valence-corrected chi connectivity index (χ1v) is 8.39. The van der Waals surface area contributed by atoms with E-state index in [1.54, 1.807) is 0 Å². The molecule has 1 heterocycles. The Labute approximate surface area is 143 Å². The Kier molecular flexibility index (Phi) is 6.03. The molecular weight excluding hydrogens is 368 g/mol. The van der Waals surface area contributed by atoms with Crippen molar-refractivity contribution >= 4 is 33.5 Å². The minimum atomic E-state index is -0.905. The van der Waals surface area contributed by atoms with Crippen molar-refractivity contribution in [2.75, 3.05) is 0 Å². The van der Waals surface area contributed by atoms with Crippen molar-refractivity contribution in [3.63, 3.8) is 0 Å². The van der Waals surface area contributed by atoms with Crippen molar-refractivity contribution in [2.45, 2.75) is 39.2 Å². The monoisotopic (exact) mass is 384 g/mol. The van der Waals surface area contributed by atoms with Gasteiger partial charge in [0.05, 0.1) is 18.7 Å². The van der Waals surface area contributed by atoms with Crippen LogP contribution in [-0.2, 0) is 24.2 Å². The van der Waals surface area contributed by atoms with Crippen LogP contribution in [0.5, 0.6) is 0 Å². The van der Waals surface area contributed by atoms with Crippen LogP contribution >= 0.6 is 27.5 Å². The van der Waals surface area contributed by atoms with Crippen molar-refractivity contribution in [3.05, 3.63) is 51.0 Å². The zero-order valence-electron chi connectivity index (χ0n) is 12.4. The maximum Gasteiger partial charge on any atom is 0.309 e. The van der Waals surface area contributed by atoms with E-state index in [9.17, 15) is 4.79 Å². The number of rotatable bonds is 7. The lowest BCUT2D eigenvalue weighted by atomic mass is 10.2. The molecule has 1 aromatic carbocycles. The molecule has 0 amide bonds.